The standard InChI is InChI=1S/C16H18FN/c1-12(2)18-11-14-5-3-4-6-16(14)13-7-9-15(17)10-8-13/h3-10,12,18H,11H2,1-2H3. The number of hydrogen-bond acceptors (Lipinski definition) is 1. The molecule has 0 aliphatic heterocycles. The summed E-state index contributed by atoms with van der Waals surface area (Å²) in [4.78, 5) is 0. The molecule has 0 aromatic heterocycles. The van der Waals surface area contributed by atoms with Gasteiger partial charge in [0.1, 0.15) is 5.82 Å². The molecule has 0 fully saturated rings. The van der Waals surface area contributed by atoms with Crippen LogP contribution in [0, 0.1) is 5.82 Å². The fourth-order valence-corrected chi connectivity index (χ4v) is 1.90. The maximum Gasteiger partial charge on any atom is 0.123 e. The Balaban J connectivity index is 2.29. The molecule has 0 saturated heterocycles. The highest BCUT2D eigenvalue weighted by atomic mass is 19.1. The van der Waals surface area contributed by atoms with E-state index in [-0.39, 0.29) is 5.82 Å². The molecule has 0 spiro atoms. The Morgan fingerprint density at radius 2 is 1.67 bits per heavy atom. The maximum atomic E-state index is 12.9. The molecule has 0 radical (unpaired) electrons. The van der Waals surface area contributed by atoms with Gasteiger partial charge in [-0.15, -0.1) is 0 Å². The number of hydrogen-bond donors (Lipinski definition) is 1. The van der Waals surface area contributed by atoms with Gasteiger partial charge in [0.2, 0.25) is 0 Å². The Morgan fingerprint density at radius 1 is 1.00 bits per heavy atom. The molecule has 94 valence electrons. The van der Waals surface area contributed by atoms with Crippen LogP contribution < -0.4 is 5.32 Å². The highest BCUT2D eigenvalue weighted by molar-refractivity contribution is 5.67. The van der Waals surface area contributed by atoms with E-state index >= 15 is 0 Å². The van der Waals surface area contributed by atoms with E-state index in [1.807, 2.05) is 24.3 Å². The predicted molar refractivity (Wildman–Crippen MR) is 73.8 cm³/mol. The minimum absolute atomic E-state index is 0.198. The molecular weight excluding hydrogens is 225 g/mol. The van der Waals surface area contributed by atoms with Crippen molar-refractivity contribution in [2.24, 2.45) is 0 Å². The first-order valence-corrected chi connectivity index (χ1v) is 6.24. The van der Waals surface area contributed by atoms with Crippen molar-refractivity contribution in [1.29, 1.82) is 0 Å². The summed E-state index contributed by atoms with van der Waals surface area (Å²) in [5, 5.41) is 3.41. The molecule has 0 heterocycles. The number of rotatable bonds is 4. The highest BCUT2D eigenvalue weighted by Gasteiger charge is 2.05. The first-order chi connectivity index (χ1) is 8.66. The molecule has 0 bridgehead atoms. The zero-order valence-electron chi connectivity index (χ0n) is 10.8. The van der Waals surface area contributed by atoms with Gasteiger partial charge in [0.15, 0.2) is 0 Å². The van der Waals surface area contributed by atoms with Crippen molar-refractivity contribution in [3.05, 3.63) is 59.9 Å². The number of benzene rings is 2. The van der Waals surface area contributed by atoms with Crippen LogP contribution in [0.25, 0.3) is 11.1 Å². The molecule has 0 aliphatic rings. The van der Waals surface area contributed by atoms with Gasteiger partial charge in [0.05, 0.1) is 0 Å². The first-order valence-electron chi connectivity index (χ1n) is 6.24. The van der Waals surface area contributed by atoms with Crippen LogP contribution in [0.4, 0.5) is 4.39 Å². The SMILES string of the molecule is CC(C)NCc1ccccc1-c1ccc(F)cc1. The summed E-state index contributed by atoms with van der Waals surface area (Å²) in [5.41, 5.74) is 3.45. The molecule has 0 saturated carbocycles. The molecular formula is C16H18FN. The summed E-state index contributed by atoms with van der Waals surface area (Å²) in [6.07, 6.45) is 0. The molecule has 0 aliphatic carbocycles. The van der Waals surface area contributed by atoms with Gasteiger partial charge in [-0.25, -0.2) is 4.39 Å². The lowest BCUT2D eigenvalue weighted by atomic mass is 9.99. The second-order valence-electron chi connectivity index (χ2n) is 4.70. The lowest BCUT2D eigenvalue weighted by Crippen LogP contribution is -2.22. The van der Waals surface area contributed by atoms with Crippen LogP contribution in [0.5, 0.6) is 0 Å². The fraction of sp³-hybridized carbons (Fsp3) is 0.250. The molecule has 18 heavy (non-hydrogen) atoms. The van der Waals surface area contributed by atoms with Gasteiger partial charge in [-0.2, -0.15) is 0 Å². The van der Waals surface area contributed by atoms with Gasteiger partial charge in [0, 0.05) is 12.6 Å². The van der Waals surface area contributed by atoms with Crippen molar-refractivity contribution in [2.75, 3.05) is 0 Å². The minimum atomic E-state index is -0.198. The molecule has 2 aromatic rings. The van der Waals surface area contributed by atoms with E-state index in [0.29, 0.717) is 6.04 Å². The largest absolute Gasteiger partial charge is 0.310 e. The van der Waals surface area contributed by atoms with E-state index < -0.39 is 0 Å². The molecule has 2 aromatic carbocycles. The van der Waals surface area contributed by atoms with Gasteiger partial charge in [-0.05, 0) is 28.8 Å². The van der Waals surface area contributed by atoms with Crippen LogP contribution in [0.15, 0.2) is 48.5 Å². The molecule has 0 amide bonds. The van der Waals surface area contributed by atoms with E-state index in [2.05, 4.69) is 31.3 Å². The quantitative estimate of drug-likeness (QED) is 0.856. The minimum Gasteiger partial charge on any atom is -0.310 e. The van der Waals surface area contributed by atoms with Crippen LogP contribution in [-0.4, -0.2) is 6.04 Å². The molecule has 2 heteroatoms. The van der Waals surface area contributed by atoms with Crippen molar-refractivity contribution >= 4 is 0 Å². The van der Waals surface area contributed by atoms with Crippen LogP contribution in [-0.2, 0) is 6.54 Å². The summed E-state index contributed by atoms with van der Waals surface area (Å²) in [7, 11) is 0. The third-order valence-electron chi connectivity index (χ3n) is 2.87. The summed E-state index contributed by atoms with van der Waals surface area (Å²) in [5.74, 6) is -0.198. The van der Waals surface area contributed by atoms with E-state index in [1.54, 1.807) is 0 Å². The Kier molecular flexibility index (Phi) is 4.11. The van der Waals surface area contributed by atoms with Gasteiger partial charge in [0.25, 0.3) is 0 Å². The first kappa shape index (κ1) is 12.8. The summed E-state index contributed by atoms with van der Waals surface area (Å²) in [6, 6.07) is 15.3. The predicted octanol–water partition coefficient (Wildman–Crippen LogP) is 3.99. The Morgan fingerprint density at radius 3 is 2.33 bits per heavy atom. The monoisotopic (exact) mass is 243 g/mol. The van der Waals surface area contributed by atoms with Crippen molar-refractivity contribution in [1.82, 2.24) is 5.32 Å². The second-order valence-corrected chi connectivity index (χ2v) is 4.70. The van der Waals surface area contributed by atoms with Gasteiger partial charge in [-0.1, -0.05) is 50.2 Å². The lowest BCUT2D eigenvalue weighted by Gasteiger charge is -2.12. The lowest BCUT2D eigenvalue weighted by molar-refractivity contribution is 0.589. The van der Waals surface area contributed by atoms with Gasteiger partial charge in [-0.3, -0.25) is 0 Å². The third kappa shape index (κ3) is 3.17. The average Bonchev–Trinajstić information content (AvgIpc) is 2.38. The average molecular weight is 243 g/mol. The van der Waals surface area contributed by atoms with Crippen LogP contribution in [0.1, 0.15) is 19.4 Å². The van der Waals surface area contributed by atoms with Crippen LogP contribution in [0.3, 0.4) is 0 Å². The molecule has 1 N–H and O–H groups in total. The zero-order chi connectivity index (χ0) is 13.0. The maximum absolute atomic E-state index is 12.9. The molecule has 0 unspecified atom stereocenters. The van der Waals surface area contributed by atoms with Crippen LogP contribution >= 0.6 is 0 Å². The van der Waals surface area contributed by atoms with Crippen molar-refractivity contribution in [2.45, 2.75) is 26.4 Å². The zero-order valence-corrected chi connectivity index (χ0v) is 10.8. The van der Waals surface area contributed by atoms with Gasteiger partial charge >= 0.3 is 0 Å². The molecule has 1 nitrogen and oxygen atoms in total. The number of halogens is 1. The van der Waals surface area contributed by atoms with E-state index in [1.165, 1.54) is 17.7 Å². The topological polar surface area (TPSA) is 12.0 Å². The third-order valence-corrected chi connectivity index (χ3v) is 2.87. The normalized spacial score (nSPS) is 10.9. The summed E-state index contributed by atoms with van der Waals surface area (Å²) < 4.78 is 12.9. The van der Waals surface area contributed by atoms with Crippen molar-refractivity contribution in [3.63, 3.8) is 0 Å². The van der Waals surface area contributed by atoms with E-state index in [9.17, 15) is 4.39 Å². The summed E-state index contributed by atoms with van der Waals surface area (Å²) in [6.45, 7) is 5.08. The Bertz CT molecular complexity index is 503. The summed E-state index contributed by atoms with van der Waals surface area (Å²) >= 11 is 0. The van der Waals surface area contributed by atoms with Gasteiger partial charge < -0.3 is 5.32 Å². The fourth-order valence-electron chi connectivity index (χ4n) is 1.90. The smallest absolute Gasteiger partial charge is 0.123 e. The van der Waals surface area contributed by atoms with Crippen molar-refractivity contribution in [3.8, 4) is 11.1 Å². The Hall–Kier alpha value is -1.67. The highest BCUT2D eigenvalue weighted by Crippen LogP contribution is 2.23. The molecule has 2 rings (SSSR count). The van der Waals surface area contributed by atoms with E-state index in [0.717, 1.165) is 17.7 Å². The Labute approximate surface area is 108 Å². The second kappa shape index (κ2) is 5.78. The van der Waals surface area contributed by atoms with Crippen LogP contribution in [0.2, 0.25) is 0 Å². The number of nitrogens with one attached hydrogen (secondary N) is 1. The van der Waals surface area contributed by atoms with Crippen molar-refractivity contribution < 1.29 is 4.39 Å². The molecule has 0 atom stereocenters. The van der Waals surface area contributed by atoms with E-state index in [4.69, 9.17) is 0 Å².